The van der Waals surface area contributed by atoms with Gasteiger partial charge in [0.15, 0.2) is 0 Å². The maximum Gasteiger partial charge on any atom is 0.291 e. The Kier molecular flexibility index (Phi) is 7.12. The van der Waals surface area contributed by atoms with Gasteiger partial charge >= 0.3 is 0 Å². The lowest BCUT2D eigenvalue weighted by molar-refractivity contribution is -0.396. The molecule has 3 rings (SSSR count). The summed E-state index contributed by atoms with van der Waals surface area (Å²) in [4.78, 5) is 25.9. The molecule has 30 heavy (non-hydrogen) atoms. The number of aliphatic imine (C=N–C) groups is 1. The SMILES string of the molecule is O=[N+]([O-])c1ccc(SN(C=NCc2ccccc2)Cc2ccccc2)c([N+](=O)[O-])c1. The van der Waals surface area contributed by atoms with Crippen LogP contribution in [0.15, 0.2) is 88.8 Å². The van der Waals surface area contributed by atoms with Gasteiger partial charge in [0, 0.05) is 6.07 Å². The van der Waals surface area contributed by atoms with E-state index in [2.05, 4.69) is 4.99 Å². The largest absolute Gasteiger partial charge is 0.298 e. The first kappa shape index (κ1) is 21.0. The Balaban J connectivity index is 1.84. The van der Waals surface area contributed by atoms with Gasteiger partial charge < -0.3 is 0 Å². The summed E-state index contributed by atoms with van der Waals surface area (Å²) in [6.07, 6.45) is 1.63. The van der Waals surface area contributed by atoms with Crippen molar-refractivity contribution in [3.8, 4) is 0 Å². The number of non-ortho nitro benzene ring substituents is 1. The summed E-state index contributed by atoms with van der Waals surface area (Å²) >= 11 is 1.11. The average molecular weight is 422 g/mol. The van der Waals surface area contributed by atoms with Crippen LogP contribution in [0.4, 0.5) is 11.4 Å². The molecule has 0 heterocycles. The summed E-state index contributed by atoms with van der Waals surface area (Å²) in [6.45, 7) is 0.924. The van der Waals surface area contributed by atoms with Crippen LogP contribution >= 0.6 is 11.9 Å². The highest BCUT2D eigenvalue weighted by Crippen LogP contribution is 2.34. The molecule has 0 aliphatic heterocycles. The second-order valence-corrected chi connectivity index (χ2v) is 7.35. The van der Waals surface area contributed by atoms with Crippen molar-refractivity contribution >= 4 is 29.7 Å². The zero-order valence-corrected chi connectivity index (χ0v) is 16.6. The number of rotatable bonds is 9. The van der Waals surface area contributed by atoms with E-state index in [4.69, 9.17) is 0 Å². The Morgan fingerprint density at radius 2 is 1.50 bits per heavy atom. The molecule has 0 fully saturated rings. The lowest BCUT2D eigenvalue weighted by atomic mass is 10.2. The molecule has 8 nitrogen and oxygen atoms in total. The highest BCUT2D eigenvalue weighted by Gasteiger charge is 2.21. The third kappa shape index (κ3) is 5.89. The number of hydrogen-bond acceptors (Lipinski definition) is 6. The molecule has 0 aliphatic rings. The first-order chi connectivity index (χ1) is 14.5. The molecule has 0 N–H and O–H groups in total. The summed E-state index contributed by atoms with van der Waals surface area (Å²) in [5.74, 6) is 0. The fourth-order valence-electron chi connectivity index (χ4n) is 2.65. The molecule has 0 saturated carbocycles. The first-order valence-corrected chi connectivity index (χ1v) is 9.75. The van der Waals surface area contributed by atoms with E-state index in [-0.39, 0.29) is 11.4 Å². The van der Waals surface area contributed by atoms with Crippen LogP contribution in [-0.4, -0.2) is 20.5 Å². The van der Waals surface area contributed by atoms with Gasteiger partial charge in [0.05, 0.1) is 35.3 Å². The third-order valence-electron chi connectivity index (χ3n) is 4.07. The average Bonchev–Trinajstić information content (AvgIpc) is 2.75. The van der Waals surface area contributed by atoms with Gasteiger partial charge in [-0.1, -0.05) is 60.7 Å². The van der Waals surface area contributed by atoms with Gasteiger partial charge in [-0.05, 0) is 29.1 Å². The summed E-state index contributed by atoms with van der Waals surface area (Å²) < 4.78 is 1.77. The molecular weight excluding hydrogens is 404 g/mol. The molecule has 0 aromatic heterocycles. The molecule has 0 atom stereocenters. The summed E-state index contributed by atoms with van der Waals surface area (Å²) in [7, 11) is 0. The number of benzene rings is 3. The Morgan fingerprint density at radius 3 is 2.10 bits per heavy atom. The highest BCUT2D eigenvalue weighted by atomic mass is 32.2. The lowest BCUT2D eigenvalue weighted by Crippen LogP contribution is -2.13. The van der Waals surface area contributed by atoms with E-state index >= 15 is 0 Å². The minimum atomic E-state index is -0.648. The van der Waals surface area contributed by atoms with E-state index < -0.39 is 9.85 Å². The molecule has 9 heteroatoms. The van der Waals surface area contributed by atoms with Crippen LogP contribution in [0.3, 0.4) is 0 Å². The Bertz CT molecular complexity index is 1050. The maximum absolute atomic E-state index is 11.5. The predicted octanol–water partition coefficient (Wildman–Crippen LogP) is 5.24. The molecule has 3 aromatic carbocycles. The highest BCUT2D eigenvalue weighted by molar-refractivity contribution is 7.97. The van der Waals surface area contributed by atoms with E-state index in [0.29, 0.717) is 18.0 Å². The van der Waals surface area contributed by atoms with Gasteiger partial charge in [-0.3, -0.25) is 29.5 Å². The third-order valence-corrected chi connectivity index (χ3v) is 5.07. The number of nitro benzene ring substituents is 2. The fraction of sp³-hybridized carbons (Fsp3) is 0.0952. The molecule has 0 spiro atoms. The summed E-state index contributed by atoms with van der Waals surface area (Å²) in [6, 6.07) is 23.0. The zero-order valence-electron chi connectivity index (χ0n) is 15.8. The van der Waals surface area contributed by atoms with Crippen molar-refractivity contribution in [3.05, 3.63) is 110 Å². The van der Waals surface area contributed by atoms with Crippen molar-refractivity contribution in [2.75, 3.05) is 0 Å². The van der Waals surface area contributed by atoms with Crippen molar-refractivity contribution < 1.29 is 9.85 Å². The monoisotopic (exact) mass is 422 g/mol. The maximum atomic E-state index is 11.5. The summed E-state index contributed by atoms with van der Waals surface area (Å²) in [5, 5.41) is 22.4. The number of nitrogens with zero attached hydrogens (tertiary/aromatic N) is 4. The second kappa shape index (κ2) is 10.2. The Hall–Kier alpha value is -3.72. The Labute approximate surface area is 177 Å². The quantitative estimate of drug-likeness (QED) is 0.154. The minimum Gasteiger partial charge on any atom is -0.298 e. The van der Waals surface area contributed by atoms with Crippen molar-refractivity contribution in [3.63, 3.8) is 0 Å². The molecule has 0 aliphatic carbocycles. The summed E-state index contributed by atoms with van der Waals surface area (Å²) in [5.41, 5.74) is 1.41. The van der Waals surface area contributed by atoms with Gasteiger partial charge in [-0.15, -0.1) is 0 Å². The molecule has 0 bridgehead atoms. The van der Waals surface area contributed by atoms with Crippen LogP contribution in [-0.2, 0) is 13.1 Å². The molecule has 152 valence electrons. The number of nitro groups is 2. The molecule has 0 unspecified atom stereocenters. The van der Waals surface area contributed by atoms with E-state index in [1.165, 1.54) is 12.1 Å². The van der Waals surface area contributed by atoms with Crippen LogP contribution in [0.1, 0.15) is 11.1 Å². The van der Waals surface area contributed by atoms with Crippen LogP contribution < -0.4 is 0 Å². The van der Waals surface area contributed by atoms with Gasteiger partial charge in [0.1, 0.15) is 4.90 Å². The van der Waals surface area contributed by atoms with E-state index in [0.717, 1.165) is 29.1 Å². The smallest absolute Gasteiger partial charge is 0.291 e. The molecule has 0 radical (unpaired) electrons. The molecular formula is C21H18N4O4S. The van der Waals surface area contributed by atoms with Crippen LogP contribution in [0.2, 0.25) is 0 Å². The predicted molar refractivity (Wildman–Crippen MR) is 116 cm³/mol. The molecule has 0 amide bonds. The van der Waals surface area contributed by atoms with Crippen molar-refractivity contribution in [1.82, 2.24) is 4.31 Å². The lowest BCUT2D eigenvalue weighted by Gasteiger charge is -2.18. The normalized spacial score (nSPS) is 10.8. The zero-order chi connectivity index (χ0) is 21.3. The fourth-order valence-corrected chi connectivity index (χ4v) is 3.58. The van der Waals surface area contributed by atoms with E-state index in [1.807, 2.05) is 60.7 Å². The first-order valence-electron chi connectivity index (χ1n) is 8.98. The van der Waals surface area contributed by atoms with Crippen LogP contribution in [0.25, 0.3) is 0 Å². The second-order valence-electron chi connectivity index (χ2n) is 6.26. The van der Waals surface area contributed by atoms with Crippen LogP contribution in [0.5, 0.6) is 0 Å². The minimum absolute atomic E-state index is 0.299. The van der Waals surface area contributed by atoms with Gasteiger partial charge in [0.25, 0.3) is 11.4 Å². The van der Waals surface area contributed by atoms with E-state index in [9.17, 15) is 20.2 Å². The van der Waals surface area contributed by atoms with Gasteiger partial charge in [-0.2, -0.15) is 0 Å². The van der Waals surface area contributed by atoms with Crippen molar-refractivity contribution in [1.29, 1.82) is 0 Å². The van der Waals surface area contributed by atoms with Crippen molar-refractivity contribution in [2.45, 2.75) is 18.0 Å². The van der Waals surface area contributed by atoms with E-state index in [1.54, 1.807) is 10.6 Å². The standard InChI is InChI=1S/C21H18N4O4S/c26-24(27)19-11-12-21(20(13-19)25(28)29)30-23(15-18-9-5-2-6-10-18)16-22-14-17-7-3-1-4-8-17/h1-13,16H,14-15H2. The van der Waals surface area contributed by atoms with Gasteiger partial charge in [0.2, 0.25) is 0 Å². The molecule has 0 saturated heterocycles. The van der Waals surface area contributed by atoms with Crippen LogP contribution in [0, 0.1) is 20.2 Å². The Morgan fingerprint density at radius 1 is 0.867 bits per heavy atom. The molecule has 3 aromatic rings. The topological polar surface area (TPSA) is 102 Å². The number of hydrogen-bond donors (Lipinski definition) is 0. The van der Waals surface area contributed by atoms with Crippen molar-refractivity contribution in [2.24, 2.45) is 4.99 Å². The van der Waals surface area contributed by atoms with Gasteiger partial charge in [-0.25, -0.2) is 0 Å².